The predicted molar refractivity (Wildman–Crippen MR) is 98.5 cm³/mol. The number of carboxylic acid groups (broad SMARTS) is 1. The van der Waals surface area contributed by atoms with Crippen molar-refractivity contribution in [3.63, 3.8) is 0 Å². The molecule has 0 radical (unpaired) electrons. The Balaban J connectivity index is 2.18. The minimum Gasteiger partial charge on any atom is -0.494 e. The molecule has 1 aromatic carbocycles. The van der Waals surface area contributed by atoms with Gasteiger partial charge in [0.15, 0.2) is 17.2 Å². The van der Waals surface area contributed by atoms with E-state index in [0.717, 1.165) is 38.2 Å². The van der Waals surface area contributed by atoms with Crippen molar-refractivity contribution in [1.29, 1.82) is 0 Å². The molecular formula is C19H23F2N3O5. The van der Waals surface area contributed by atoms with Crippen LogP contribution < -0.4 is 16.0 Å². The predicted octanol–water partition coefficient (Wildman–Crippen LogP) is 1.47. The van der Waals surface area contributed by atoms with Gasteiger partial charge in [-0.3, -0.25) is 14.4 Å². The Hall–Kier alpha value is -3.17. The van der Waals surface area contributed by atoms with E-state index in [2.05, 4.69) is 10.6 Å². The van der Waals surface area contributed by atoms with Crippen LogP contribution in [0.15, 0.2) is 29.7 Å². The fourth-order valence-corrected chi connectivity index (χ4v) is 3.02. The van der Waals surface area contributed by atoms with E-state index in [4.69, 9.17) is 5.11 Å². The average Bonchev–Trinajstić information content (AvgIpc) is 2.68. The van der Waals surface area contributed by atoms with Gasteiger partial charge in [-0.15, -0.1) is 0 Å². The Kier molecular flexibility index (Phi) is 7.93. The fraction of sp³-hybridized carbons (Fsp3) is 0.421. The van der Waals surface area contributed by atoms with Gasteiger partial charge in [0, 0.05) is 18.2 Å². The van der Waals surface area contributed by atoms with Crippen molar-refractivity contribution in [1.82, 2.24) is 16.0 Å². The molecule has 0 heterocycles. The molecule has 0 aromatic heterocycles. The summed E-state index contributed by atoms with van der Waals surface area (Å²) >= 11 is 0. The molecule has 8 nitrogen and oxygen atoms in total. The summed E-state index contributed by atoms with van der Waals surface area (Å²) in [5.74, 6) is -6.40. The van der Waals surface area contributed by atoms with E-state index >= 15 is 0 Å². The van der Waals surface area contributed by atoms with Crippen LogP contribution in [0, 0.1) is 11.6 Å². The van der Waals surface area contributed by atoms with Crippen molar-refractivity contribution in [3.05, 3.63) is 46.9 Å². The molecule has 0 saturated heterocycles. The van der Waals surface area contributed by atoms with Crippen molar-refractivity contribution < 1.29 is 33.4 Å². The Morgan fingerprint density at radius 3 is 2.34 bits per heavy atom. The number of benzene rings is 1. The molecule has 0 bridgehead atoms. The summed E-state index contributed by atoms with van der Waals surface area (Å²) in [6.45, 7) is -1.16. The van der Waals surface area contributed by atoms with Crippen molar-refractivity contribution in [2.45, 2.75) is 44.7 Å². The van der Waals surface area contributed by atoms with Gasteiger partial charge in [-0.25, -0.2) is 8.78 Å². The molecular weight excluding hydrogens is 388 g/mol. The zero-order valence-electron chi connectivity index (χ0n) is 15.6. The number of aliphatic hydroxyl groups excluding tert-OH is 1. The zero-order chi connectivity index (χ0) is 21.4. The Morgan fingerprint density at radius 1 is 1.00 bits per heavy atom. The molecule has 0 unspecified atom stereocenters. The maximum Gasteiger partial charge on any atom is 0.322 e. The molecule has 0 spiro atoms. The summed E-state index contributed by atoms with van der Waals surface area (Å²) in [5, 5.41) is 25.9. The van der Waals surface area contributed by atoms with Crippen LogP contribution in [0.1, 0.15) is 37.7 Å². The SMILES string of the molecule is O=C(O)CNC(=O)C(C(=O)NC1CCCCC1)=C(O)NCc1cccc(F)c1F. The topological polar surface area (TPSA) is 128 Å². The number of carbonyl (C=O) groups excluding carboxylic acids is 2. The van der Waals surface area contributed by atoms with E-state index in [0.29, 0.717) is 0 Å². The van der Waals surface area contributed by atoms with Crippen LogP contribution in [0.3, 0.4) is 0 Å². The van der Waals surface area contributed by atoms with Gasteiger partial charge in [-0.05, 0) is 18.9 Å². The van der Waals surface area contributed by atoms with Crippen molar-refractivity contribution in [2.75, 3.05) is 6.54 Å². The van der Waals surface area contributed by atoms with Crippen LogP contribution >= 0.6 is 0 Å². The second kappa shape index (κ2) is 10.4. The Morgan fingerprint density at radius 2 is 1.69 bits per heavy atom. The van der Waals surface area contributed by atoms with Crippen LogP contribution in [0.25, 0.3) is 0 Å². The van der Waals surface area contributed by atoms with Crippen LogP contribution in [-0.4, -0.2) is 40.6 Å². The third kappa shape index (κ3) is 6.44. The second-order valence-electron chi connectivity index (χ2n) is 6.67. The molecule has 2 rings (SSSR count). The van der Waals surface area contributed by atoms with Gasteiger partial charge >= 0.3 is 5.97 Å². The molecule has 2 amide bonds. The third-order valence-electron chi connectivity index (χ3n) is 4.51. The van der Waals surface area contributed by atoms with Gasteiger partial charge in [0.05, 0.1) is 0 Å². The molecule has 0 aliphatic heterocycles. The van der Waals surface area contributed by atoms with Crippen molar-refractivity contribution >= 4 is 17.8 Å². The van der Waals surface area contributed by atoms with E-state index in [1.807, 2.05) is 5.32 Å². The number of carbonyl (C=O) groups is 3. The van der Waals surface area contributed by atoms with Gasteiger partial charge in [0.25, 0.3) is 11.8 Å². The highest BCUT2D eigenvalue weighted by Gasteiger charge is 2.27. The standard InChI is InChI=1S/C19H23F2N3O5/c20-13-8-4-5-11(16(13)21)9-22-17(27)15(18(28)23-10-14(25)26)19(29)24-12-6-2-1-3-7-12/h4-5,8,12,22,27H,1-3,6-7,9-10H2,(H,23,28)(H,24,29)(H,25,26). The lowest BCUT2D eigenvalue weighted by atomic mass is 9.95. The van der Waals surface area contributed by atoms with Crippen LogP contribution in [-0.2, 0) is 20.9 Å². The number of rotatable bonds is 8. The van der Waals surface area contributed by atoms with Crippen LogP contribution in [0.2, 0.25) is 0 Å². The van der Waals surface area contributed by atoms with Gasteiger partial charge < -0.3 is 26.2 Å². The third-order valence-corrected chi connectivity index (χ3v) is 4.51. The lowest BCUT2D eigenvalue weighted by Gasteiger charge is -2.23. The van der Waals surface area contributed by atoms with E-state index in [9.17, 15) is 28.3 Å². The first-order valence-corrected chi connectivity index (χ1v) is 9.20. The van der Waals surface area contributed by atoms with Gasteiger partial charge in [-0.1, -0.05) is 31.4 Å². The molecule has 0 atom stereocenters. The number of nitrogens with one attached hydrogen (secondary N) is 3. The number of hydrogen-bond donors (Lipinski definition) is 5. The highest BCUT2D eigenvalue weighted by Crippen LogP contribution is 2.18. The zero-order valence-corrected chi connectivity index (χ0v) is 15.6. The largest absolute Gasteiger partial charge is 0.494 e. The molecule has 158 valence electrons. The molecule has 1 aliphatic carbocycles. The monoisotopic (exact) mass is 411 g/mol. The molecule has 29 heavy (non-hydrogen) atoms. The molecule has 1 fully saturated rings. The van der Waals surface area contributed by atoms with Crippen LogP contribution in [0.4, 0.5) is 8.78 Å². The summed E-state index contributed by atoms with van der Waals surface area (Å²) < 4.78 is 27.0. The molecule has 5 N–H and O–H groups in total. The lowest BCUT2D eigenvalue weighted by Crippen LogP contribution is -2.43. The van der Waals surface area contributed by atoms with E-state index in [1.165, 1.54) is 12.1 Å². The first kappa shape index (κ1) is 22.1. The number of aliphatic hydroxyl groups is 1. The molecule has 10 heteroatoms. The smallest absolute Gasteiger partial charge is 0.322 e. The summed E-state index contributed by atoms with van der Waals surface area (Å²) in [7, 11) is 0. The lowest BCUT2D eigenvalue weighted by molar-refractivity contribution is -0.138. The van der Waals surface area contributed by atoms with Gasteiger partial charge in [-0.2, -0.15) is 0 Å². The number of carboxylic acids is 1. The Bertz CT molecular complexity index is 807. The van der Waals surface area contributed by atoms with Crippen molar-refractivity contribution in [2.24, 2.45) is 0 Å². The minimum atomic E-state index is -1.33. The minimum absolute atomic E-state index is 0.130. The maximum atomic E-state index is 13.8. The first-order chi connectivity index (χ1) is 13.8. The average molecular weight is 411 g/mol. The van der Waals surface area contributed by atoms with Crippen LogP contribution in [0.5, 0.6) is 0 Å². The number of halogens is 2. The molecule has 1 aromatic rings. The van der Waals surface area contributed by atoms with E-state index in [1.54, 1.807) is 0 Å². The summed E-state index contributed by atoms with van der Waals surface area (Å²) in [6, 6.07) is 3.29. The van der Waals surface area contributed by atoms with E-state index in [-0.39, 0.29) is 11.6 Å². The van der Waals surface area contributed by atoms with Crippen molar-refractivity contribution in [3.8, 4) is 0 Å². The summed E-state index contributed by atoms with van der Waals surface area (Å²) in [4.78, 5) is 35.5. The molecule has 1 aliphatic rings. The second-order valence-corrected chi connectivity index (χ2v) is 6.67. The highest BCUT2D eigenvalue weighted by atomic mass is 19.2. The van der Waals surface area contributed by atoms with E-state index < -0.39 is 54.0 Å². The summed E-state index contributed by atoms with van der Waals surface area (Å²) in [5.41, 5.74) is -0.858. The number of amides is 2. The normalized spacial score (nSPS) is 15.2. The quantitative estimate of drug-likeness (QED) is 0.191. The number of aliphatic carboxylic acids is 1. The Labute approximate surface area is 166 Å². The number of hydrogen-bond acceptors (Lipinski definition) is 5. The fourth-order valence-electron chi connectivity index (χ4n) is 3.02. The van der Waals surface area contributed by atoms with Gasteiger partial charge in [0.1, 0.15) is 6.54 Å². The maximum absolute atomic E-state index is 13.8. The van der Waals surface area contributed by atoms with Gasteiger partial charge in [0.2, 0.25) is 5.88 Å². The first-order valence-electron chi connectivity index (χ1n) is 9.20. The summed E-state index contributed by atoms with van der Waals surface area (Å²) in [6.07, 6.45) is 4.31. The molecule has 1 saturated carbocycles. The highest BCUT2D eigenvalue weighted by molar-refractivity contribution is 6.19.